The van der Waals surface area contributed by atoms with Crippen molar-refractivity contribution in [2.45, 2.75) is 12.5 Å². The lowest BCUT2D eigenvalue weighted by Crippen LogP contribution is -2.38. The Labute approximate surface area is 108 Å². The average Bonchev–Trinajstić information content (AvgIpc) is 2.75. The number of rotatable bonds is 7. The van der Waals surface area contributed by atoms with Crippen molar-refractivity contribution in [3.8, 4) is 12.3 Å². The second-order valence-corrected chi connectivity index (χ2v) is 5.69. The summed E-state index contributed by atoms with van der Waals surface area (Å²) in [6.45, 7) is 0.468. The quantitative estimate of drug-likeness (QED) is 0.540. The fourth-order valence-corrected chi connectivity index (χ4v) is 1.88. The third kappa shape index (κ3) is 5.36. The molecule has 1 atom stereocenters. The number of furan rings is 1. The lowest BCUT2D eigenvalue weighted by molar-refractivity contribution is 0.173. The molecular weight excluding hydrogens is 254 g/mol. The summed E-state index contributed by atoms with van der Waals surface area (Å²) in [4.78, 5) is 1.85. The van der Waals surface area contributed by atoms with Gasteiger partial charge in [0.25, 0.3) is 10.1 Å². The minimum absolute atomic E-state index is 0.0533. The molecule has 1 heterocycles. The van der Waals surface area contributed by atoms with E-state index in [-0.39, 0.29) is 12.6 Å². The van der Waals surface area contributed by atoms with E-state index >= 15 is 0 Å². The molecule has 0 aliphatic heterocycles. The molecule has 0 fully saturated rings. The highest BCUT2D eigenvalue weighted by atomic mass is 32.2. The molecule has 6 heteroatoms. The van der Waals surface area contributed by atoms with Gasteiger partial charge in [-0.2, -0.15) is 8.42 Å². The van der Waals surface area contributed by atoms with Crippen LogP contribution in [0.1, 0.15) is 5.76 Å². The van der Waals surface area contributed by atoms with E-state index in [1.807, 2.05) is 18.0 Å². The number of hydrogen-bond donors (Lipinski definition) is 0. The second-order valence-electron chi connectivity index (χ2n) is 4.05. The summed E-state index contributed by atoms with van der Waals surface area (Å²) in [6, 6.07) is 3.46. The van der Waals surface area contributed by atoms with Crippen LogP contribution in [0, 0.1) is 12.3 Å². The van der Waals surface area contributed by atoms with Gasteiger partial charge in [0.05, 0.1) is 25.7 Å². The summed E-state index contributed by atoms with van der Waals surface area (Å²) >= 11 is 0. The maximum atomic E-state index is 11.0. The van der Waals surface area contributed by atoms with Crippen LogP contribution in [0.5, 0.6) is 0 Å². The minimum Gasteiger partial charge on any atom is -0.469 e. The molecule has 0 unspecified atom stereocenters. The molecule has 0 bridgehead atoms. The van der Waals surface area contributed by atoms with Crippen molar-refractivity contribution in [3.05, 3.63) is 24.2 Å². The van der Waals surface area contributed by atoms with Crippen LogP contribution in [0.25, 0.3) is 0 Å². The summed E-state index contributed by atoms with van der Waals surface area (Å²) in [6.07, 6.45) is 8.39. The second kappa shape index (κ2) is 6.59. The van der Waals surface area contributed by atoms with Gasteiger partial charge in [-0.15, -0.1) is 6.42 Å². The fourth-order valence-electron chi connectivity index (χ4n) is 1.48. The van der Waals surface area contributed by atoms with Crippen molar-refractivity contribution in [1.29, 1.82) is 0 Å². The summed E-state index contributed by atoms with van der Waals surface area (Å²) in [5.41, 5.74) is 0. The molecule has 1 rings (SSSR count). The van der Waals surface area contributed by atoms with Crippen LogP contribution in [0.2, 0.25) is 0 Å². The lowest BCUT2D eigenvalue weighted by Gasteiger charge is -2.24. The van der Waals surface area contributed by atoms with Crippen LogP contribution < -0.4 is 0 Å². The SMILES string of the molecule is C#CCN(C)[C@@H](COS(C)(=O)=O)Cc1ccco1. The van der Waals surface area contributed by atoms with Gasteiger partial charge in [-0.3, -0.25) is 9.08 Å². The van der Waals surface area contributed by atoms with Crippen molar-refractivity contribution in [1.82, 2.24) is 4.90 Å². The number of nitrogens with zero attached hydrogens (tertiary/aromatic N) is 1. The molecule has 0 saturated carbocycles. The van der Waals surface area contributed by atoms with Crippen LogP contribution in [0.4, 0.5) is 0 Å². The van der Waals surface area contributed by atoms with Crippen LogP contribution >= 0.6 is 0 Å². The number of hydrogen-bond acceptors (Lipinski definition) is 5. The Balaban J connectivity index is 2.66. The van der Waals surface area contributed by atoms with Crippen molar-refractivity contribution >= 4 is 10.1 Å². The maximum Gasteiger partial charge on any atom is 0.264 e. The fraction of sp³-hybridized carbons (Fsp3) is 0.500. The van der Waals surface area contributed by atoms with Gasteiger partial charge < -0.3 is 4.42 Å². The topological polar surface area (TPSA) is 59.8 Å². The molecule has 1 aromatic heterocycles. The number of likely N-dealkylation sites (N-methyl/N-ethyl adjacent to an activating group) is 1. The van der Waals surface area contributed by atoms with Gasteiger partial charge in [0, 0.05) is 12.5 Å². The third-order valence-corrected chi connectivity index (χ3v) is 3.02. The van der Waals surface area contributed by atoms with Crippen LogP contribution in [-0.2, 0) is 20.7 Å². The monoisotopic (exact) mass is 271 g/mol. The first-order valence-electron chi connectivity index (χ1n) is 5.43. The van der Waals surface area contributed by atoms with Gasteiger partial charge in [-0.1, -0.05) is 5.92 Å². The van der Waals surface area contributed by atoms with Crippen molar-refractivity contribution < 1.29 is 17.0 Å². The van der Waals surface area contributed by atoms with E-state index in [0.29, 0.717) is 13.0 Å². The van der Waals surface area contributed by atoms with E-state index in [2.05, 4.69) is 5.92 Å². The molecule has 18 heavy (non-hydrogen) atoms. The van der Waals surface area contributed by atoms with Crippen molar-refractivity contribution in [3.63, 3.8) is 0 Å². The summed E-state index contributed by atoms with van der Waals surface area (Å²) in [7, 11) is -1.64. The Morgan fingerprint density at radius 3 is 2.83 bits per heavy atom. The van der Waals surface area contributed by atoms with Crippen LogP contribution in [0.3, 0.4) is 0 Å². The van der Waals surface area contributed by atoms with Crippen molar-refractivity contribution in [2.75, 3.05) is 26.5 Å². The van der Waals surface area contributed by atoms with Gasteiger partial charge in [0.1, 0.15) is 5.76 Å². The van der Waals surface area contributed by atoms with E-state index in [1.54, 1.807) is 12.3 Å². The van der Waals surface area contributed by atoms with Crippen LogP contribution in [-0.4, -0.2) is 45.8 Å². The zero-order valence-electron chi connectivity index (χ0n) is 10.5. The Kier molecular flexibility index (Phi) is 5.41. The first-order chi connectivity index (χ1) is 8.42. The standard InChI is InChI=1S/C12H17NO4S/c1-4-7-13(2)11(10-17-18(3,14)15)9-12-6-5-8-16-12/h1,5-6,8,11H,7,9-10H2,2-3H3/t11-/m1/s1. The smallest absolute Gasteiger partial charge is 0.264 e. The molecule has 0 aliphatic carbocycles. The summed E-state index contributed by atoms with van der Waals surface area (Å²) < 4.78 is 32.1. The Morgan fingerprint density at radius 2 is 2.33 bits per heavy atom. The molecule has 5 nitrogen and oxygen atoms in total. The van der Waals surface area contributed by atoms with E-state index in [4.69, 9.17) is 15.0 Å². The minimum atomic E-state index is -3.46. The van der Waals surface area contributed by atoms with Gasteiger partial charge in [0.2, 0.25) is 0 Å². The summed E-state index contributed by atoms with van der Waals surface area (Å²) in [5.74, 6) is 3.28. The lowest BCUT2D eigenvalue weighted by atomic mass is 10.1. The Morgan fingerprint density at radius 1 is 1.61 bits per heavy atom. The highest BCUT2D eigenvalue weighted by molar-refractivity contribution is 7.85. The largest absolute Gasteiger partial charge is 0.469 e. The Bertz CT molecular complexity index is 487. The molecule has 0 aromatic carbocycles. The van der Waals surface area contributed by atoms with E-state index in [0.717, 1.165) is 12.0 Å². The molecule has 0 aliphatic rings. The molecule has 100 valence electrons. The highest BCUT2D eigenvalue weighted by Gasteiger charge is 2.18. The van der Waals surface area contributed by atoms with Gasteiger partial charge in [-0.05, 0) is 19.2 Å². The molecule has 0 spiro atoms. The average molecular weight is 271 g/mol. The molecule has 0 N–H and O–H groups in total. The van der Waals surface area contributed by atoms with Gasteiger partial charge >= 0.3 is 0 Å². The normalized spacial score (nSPS) is 13.4. The zero-order valence-corrected chi connectivity index (χ0v) is 11.3. The van der Waals surface area contributed by atoms with E-state index in [9.17, 15) is 8.42 Å². The van der Waals surface area contributed by atoms with Gasteiger partial charge in [0.15, 0.2) is 0 Å². The number of terminal acetylenes is 1. The predicted octanol–water partition coefficient (Wildman–Crippen LogP) is 0.732. The third-order valence-electron chi connectivity index (χ3n) is 2.46. The first-order valence-corrected chi connectivity index (χ1v) is 7.24. The molecular formula is C12H17NO4S. The first kappa shape index (κ1) is 14.8. The maximum absolute atomic E-state index is 11.0. The molecule has 0 amide bonds. The zero-order chi connectivity index (χ0) is 13.6. The van der Waals surface area contributed by atoms with Crippen molar-refractivity contribution in [2.24, 2.45) is 0 Å². The highest BCUT2D eigenvalue weighted by Crippen LogP contribution is 2.09. The van der Waals surface area contributed by atoms with E-state index < -0.39 is 10.1 Å². The summed E-state index contributed by atoms with van der Waals surface area (Å²) in [5, 5.41) is 0. The van der Waals surface area contributed by atoms with Crippen LogP contribution in [0.15, 0.2) is 22.8 Å². The Hall–Kier alpha value is -1.29. The molecule has 0 saturated heterocycles. The predicted molar refractivity (Wildman–Crippen MR) is 68.5 cm³/mol. The molecule has 1 aromatic rings. The van der Waals surface area contributed by atoms with E-state index in [1.165, 1.54) is 0 Å². The molecule has 0 radical (unpaired) electrons. The van der Waals surface area contributed by atoms with Gasteiger partial charge in [-0.25, -0.2) is 0 Å².